The van der Waals surface area contributed by atoms with Crippen LogP contribution in [0.25, 0.3) is 0 Å². The molecule has 0 amide bonds. The van der Waals surface area contributed by atoms with Gasteiger partial charge in [-0.1, -0.05) is 0 Å². The lowest BCUT2D eigenvalue weighted by atomic mass is 10.0. The second-order valence-corrected chi connectivity index (χ2v) is 6.39. The van der Waals surface area contributed by atoms with Crippen LogP contribution in [0.1, 0.15) is 29.5 Å². The first-order valence-electron chi connectivity index (χ1n) is 8.22. The monoisotopic (exact) mass is 330 g/mol. The summed E-state index contributed by atoms with van der Waals surface area (Å²) in [6, 6.07) is 1.65. The van der Waals surface area contributed by atoms with E-state index in [4.69, 9.17) is 10.5 Å². The Labute approximate surface area is 141 Å². The van der Waals surface area contributed by atoms with E-state index in [9.17, 15) is 4.39 Å². The molecule has 2 N–H and O–H groups in total. The molecule has 3 rings (SSSR count). The second kappa shape index (κ2) is 7.13. The predicted molar refractivity (Wildman–Crippen MR) is 91.5 cm³/mol. The number of nitrogen functional groups attached to an aromatic ring is 1. The fourth-order valence-electron chi connectivity index (χ4n) is 2.97. The van der Waals surface area contributed by atoms with Crippen LogP contribution in [0.2, 0.25) is 0 Å². The van der Waals surface area contributed by atoms with E-state index in [0.29, 0.717) is 12.0 Å². The summed E-state index contributed by atoms with van der Waals surface area (Å²) < 4.78 is 20.2. The molecule has 0 bridgehead atoms. The van der Waals surface area contributed by atoms with Crippen molar-refractivity contribution in [2.75, 3.05) is 25.9 Å². The van der Waals surface area contributed by atoms with Crippen molar-refractivity contribution >= 4 is 5.82 Å². The van der Waals surface area contributed by atoms with E-state index in [0.717, 1.165) is 42.8 Å². The highest BCUT2D eigenvalue weighted by Crippen LogP contribution is 2.26. The smallest absolute Gasteiger partial charge is 0.168 e. The lowest BCUT2D eigenvalue weighted by Gasteiger charge is -2.29. The summed E-state index contributed by atoms with van der Waals surface area (Å²) in [5.41, 5.74) is 8.00. The first-order chi connectivity index (χ1) is 11.5. The normalized spacial score (nSPS) is 16.3. The molecule has 128 valence electrons. The fourth-order valence-corrected chi connectivity index (χ4v) is 2.97. The number of nitrogens with zero attached hydrogens (tertiary/aromatic N) is 3. The molecule has 24 heavy (non-hydrogen) atoms. The van der Waals surface area contributed by atoms with Gasteiger partial charge in [-0.15, -0.1) is 0 Å². The third-order valence-corrected chi connectivity index (χ3v) is 4.61. The standard InChI is InChI=1S/C18H23FN4O/c1-12-14(9-13-3-6-22-18(20)17(13)19)10-21-11-16(12)24-15-4-7-23(2)8-5-15/h3,6,10-11,15H,4-5,7-9H2,1-2H3,(H2,20,22). The van der Waals surface area contributed by atoms with Gasteiger partial charge in [-0.25, -0.2) is 9.37 Å². The number of piperidine rings is 1. The minimum absolute atomic E-state index is 0.0724. The first-order valence-corrected chi connectivity index (χ1v) is 8.22. The first kappa shape index (κ1) is 16.6. The van der Waals surface area contributed by atoms with Crippen LogP contribution in [-0.2, 0) is 6.42 Å². The van der Waals surface area contributed by atoms with E-state index < -0.39 is 5.82 Å². The highest BCUT2D eigenvalue weighted by atomic mass is 19.1. The predicted octanol–water partition coefficient (Wildman–Crippen LogP) is 2.57. The van der Waals surface area contributed by atoms with Crippen molar-refractivity contribution in [3.63, 3.8) is 0 Å². The minimum atomic E-state index is -0.460. The van der Waals surface area contributed by atoms with Crippen molar-refractivity contribution in [3.8, 4) is 5.75 Å². The van der Waals surface area contributed by atoms with Crippen LogP contribution < -0.4 is 10.5 Å². The quantitative estimate of drug-likeness (QED) is 0.933. The number of likely N-dealkylation sites (tertiary alicyclic amines) is 1. The topological polar surface area (TPSA) is 64.3 Å². The average Bonchev–Trinajstić information content (AvgIpc) is 2.57. The number of rotatable bonds is 4. The van der Waals surface area contributed by atoms with E-state index in [-0.39, 0.29) is 11.9 Å². The van der Waals surface area contributed by atoms with Crippen molar-refractivity contribution in [1.82, 2.24) is 14.9 Å². The molecule has 2 aromatic rings. The summed E-state index contributed by atoms with van der Waals surface area (Å²) >= 11 is 0. The Morgan fingerprint density at radius 1 is 1.29 bits per heavy atom. The van der Waals surface area contributed by atoms with Gasteiger partial charge in [-0.2, -0.15) is 0 Å². The van der Waals surface area contributed by atoms with Crippen LogP contribution in [0.3, 0.4) is 0 Å². The van der Waals surface area contributed by atoms with Crippen LogP contribution >= 0.6 is 0 Å². The molecule has 1 saturated heterocycles. The molecule has 6 heteroatoms. The Hall–Kier alpha value is -2.21. The van der Waals surface area contributed by atoms with Gasteiger partial charge in [0, 0.05) is 31.9 Å². The molecule has 0 unspecified atom stereocenters. The van der Waals surface area contributed by atoms with Crippen LogP contribution in [0, 0.1) is 12.7 Å². The van der Waals surface area contributed by atoms with Gasteiger partial charge in [0.2, 0.25) is 0 Å². The van der Waals surface area contributed by atoms with Gasteiger partial charge in [0.05, 0.1) is 6.20 Å². The lowest BCUT2D eigenvalue weighted by Crippen LogP contribution is -2.35. The number of nitrogens with two attached hydrogens (primary N) is 1. The van der Waals surface area contributed by atoms with Crippen LogP contribution in [-0.4, -0.2) is 41.1 Å². The zero-order valence-corrected chi connectivity index (χ0v) is 14.1. The third kappa shape index (κ3) is 3.64. The van der Waals surface area contributed by atoms with Gasteiger partial charge in [-0.05, 0) is 49.6 Å². The SMILES string of the molecule is Cc1c(Cc2ccnc(N)c2F)cncc1OC1CCN(C)CC1. The maximum atomic E-state index is 14.1. The lowest BCUT2D eigenvalue weighted by molar-refractivity contribution is 0.113. The van der Waals surface area contributed by atoms with Gasteiger partial charge in [0.25, 0.3) is 0 Å². The number of ether oxygens (including phenoxy) is 1. The summed E-state index contributed by atoms with van der Waals surface area (Å²) in [6.45, 7) is 4.07. The molecule has 0 atom stereocenters. The van der Waals surface area contributed by atoms with E-state index in [1.165, 1.54) is 6.20 Å². The molecule has 2 aromatic heterocycles. The number of hydrogen-bond acceptors (Lipinski definition) is 5. The summed E-state index contributed by atoms with van der Waals surface area (Å²) in [4.78, 5) is 10.3. The Kier molecular flexibility index (Phi) is 4.94. The average molecular weight is 330 g/mol. The van der Waals surface area contributed by atoms with Gasteiger partial charge in [0.1, 0.15) is 11.9 Å². The Balaban J connectivity index is 1.77. The van der Waals surface area contributed by atoms with E-state index in [2.05, 4.69) is 21.9 Å². The van der Waals surface area contributed by atoms with Gasteiger partial charge >= 0.3 is 0 Å². The minimum Gasteiger partial charge on any atom is -0.488 e. The summed E-state index contributed by atoms with van der Waals surface area (Å²) in [5, 5.41) is 0. The molecule has 0 saturated carbocycles. The largest absolute Gasteiger partial charge is 0.488 e. The zero-order chi connectivity index (χ0) is 17.1. The number of anilines is 1. The molecule has 0 aromatic carbocycles. The molecule has 0 radical (unpaired) electrons. The number of aromatic nitrogens is 2. The van der Waals surface area contributed by atoms with Crippen LogP contribution in [0.15, 0.2) is 24.7 Å². The molecular weight excluding hydrogens is 307 g/mol. The molecule has 0 spiro atoms. The Morgan fingerprint density at radius 3 is 2.79 bits per heavy atom. The maximum absolute atomic E-state index is 14.1. The van der Waals surface area contributed by atoms with E-state index in [1.54, 1.807) is 18.5 Å². The summed E-state index contributed by atoms with van der Waals surface area (Å²) in [5.74, 6) is 0.250. The van der Waals surface area contributed by atoms with Crippen molar-refractivity contribution in [1.29, 1.82) is 0 Å². The van der Waals surface area contributed by atoms with E-state index >= 15 is 0 Å². The third-order valence-electron chi connectivity index (χ3n) is 4.61. The van der Waals surface area contributed by atoms with Gasteiger partial charge in [-0.3, -0.25) is 4.98 Å². The van der Waals surface area contributed by atoms with Crippen molar-refractivity contribution < 1.29 is 9.13 Å². The number of pyridine rings is 2. The molecular formula is C18H23FN4O. The summed E-state index contributed by atoms with van der Waals surface area (Å²) in [6.07, 6.45) is 7.68. The zero-order valence-electron chi connectivity index (χ0n) is 14.1. The molecule has 0 aliphatic carbocycles. The second-order valence-electron chi connectivity index (χ2n) is 6.39. The Bertz CT molecular complexity index is 714. The number of hydrogen-bond donors (Lipinski definition) is 1. The highest BCUT2D eigenvalue weighted by Gasteiger charge is 2.19. The van der Waals surface area contributed by atoms with E-state index in [1.807, 2.05) is 6.92 Å². The molecule has 1 fully saturated rings. The van der Waals surface area contributed by atoms with Crippen LogP contribution in [0.4, 0.5) is 10.2 Å². The van der Waals surface area contributed by atoms with Gasteiger partial charge in [0.15, 0.2) is 11.6 Å². The van der Waals surface area contributed by atoms with Crippen molar-refractivity contribution in [2.45, 2.75) is 32.3 Å². The van der Waals surface area contributed by atoms with Crippen molar-refractivity contribution in [3.05, 3.63) is 47.2 Å². The fraction of sp³-hybridized carbons (Fsp3) is 0.444. The van der Waals surface area contributed by atoms with Crippen LogP contribution in [0.5, 0.6) is 5.75 Å². The molecule has 1 aliphatic heterocycles. The molecule has 5 nitrogen and oxygen atoms in total. The summed E-state index contributed by atoms with van der Waals surface area (Å²) in [7, 11) is 2.12. The van der Waals surface area contributed by atoms with Gasteiger partial charge < -0.3 is 15.4 Å². The molecule has 1 aliphatic rings. The highest BCUT2D eigenvalue weighted by molar-refractivity contribution is 5.42. The maximum Gasteiger partial charge on any atom is 0.168 e. The van der Waals surface area contributed by atoms with Crippen molar-refractivity contribution in [2.24, 2.45) is 0 Å². The number of halogens is 1. The molecule has 3 heterocycles. The Morgan fingerprint density at radius 2 is 2.04 bits per heavy atom.